The first-order valence-corrected chi connectivity index (χ1v) is 9.95. The van der Waals surface area contributed by atoms with E-state index in [0.29, 0.717) is 0 Å². The van der Waals surface area contributed by atoms with Gasteiger partial charge in [0.1, 0.15) is 6.54 Å². The third-order valence-corrected chi connectivity index (χ3v) is 5.90. The number of benzene rings is 3. The first-order chi connectivity index (χ1) is 13.8. The average molecular weight is 370 g/mol. The van der Waals surface area contributed by atoms with E-state index in [4.69, 9.17) is 0 Å². The maximum absolute atomic E-state index is 13.0. The summed E-state index contributed by atoms with van der Waals surface area (Å²) in [6.07, 6.45) is 1.85. The summed E-state index contributed by atoms with van der Waals surface area (Å²) in [4.78, 5) is 19.8. The van der Waals surface area contributed by atoms with Gasteiger partial charge in [-0.3, -0.25) is 4.79 Å². The number of aromatic amines is 1. The van der Waals surface area contributed by atoms with Crippen LogP contribution in [0.5, 0.6) is 0 Å². The molecule has 5 rings (SSSR count). The fourth-order valence-corrected chi connectivity index (χ4v) is 4.34. The number of nitrogens with one attached hydrogen (secondary N) is 2. The van der Waals surface area contributed by atoms with Gasteiger partial charge in [0.05, 0.1) is 31.7 Å². The molecule has 2 N–H and O–H groups in total. The number of fused-ring (bicyclic) bond motifs is 2. The van der Waals surface area contributed by atoms with Crippen LogP contribution in [0.4, 0.5) is 0 Å². The number of hydrogen-bond donors (Lipinski definition) is 2. The van der Waals surface area contributed by atoms with E-state index in [2.05, 4.69) is 47.4 Å². The highest BCUT2D eigenvalue weighted by atomic mass is 16.2. The zero-order valence-electron chi connectivity index (χ0n) is 15.8. The number of nitrogens with zero attached hydrogens (tertiary/aromatic N) is 1. The minimum Gasteiger partial charge on any atom is -0.360 e. The third kappa shape index (κ3) is 3.06. The molecule has 0 bridgehead atoms. The lowest BCUT2D eigenvalue weighted by Crippen LogP contribution is -3.13. The van der Waals surface area contributed by atoms with Gasteiger partial charge in [-0.1, -0.05) is 60.7 Å². The Balaban J connectivity index is 1.28. The van der Waals surface area contributed by atoms with Crippen molar-refractivity contribution in [3.05, 3.63) is 84.1 Å². The highest BCUT2D eigenvalue weighted by Crippen LogP contribution is 2.20. The van der Waals surface area contributed by atoms with Crippen LogP contribution in [0.2, 0.25) is 0 Å². The van der Waals surface area contributed by atoms with Gasteiger partial charge in [0.2, 0.25) is 0 Å². The molecule has 0 unspecified atom stereocenters. The number of quaternary nitrogens is 1. The van der Waals surface area contributed by atoms with Gasteiger partial charge in [0.15, 0.2) is 0 Å². The van der Waals surface area contributed by atoms with Crippen LogP contribution in [0.15, 0.2) is 72.9 Å². The summed E-state index contributed by atoms with van der Waals surface area (Å²) < 4.78 is 0. The maximum atomic E-state index is 13.0. The van der Waals surface area contributed by atoms with Crippen molar-refractivity contribution < 1.29 is 9.69 Å². The largest absolute Gasteiger partial charge is 0.360 e. The van der Waals surface area contributed by atoms with Crippen LogP contribution in [0.3, 0.4) is 0 Å². The van der Waals surface area contributed by atoms with Gasteiger partial charge in [-0.05, 0) is 16.8 Å². The molecule has 4 aromatic rings. The molecule has 4 heteroatoms. The molecule has 4 nitrogen and oxygen atoms in total. The molecule has 2 heterocycles. The van der Waals surface area contributed by atoms with Crippen LogP contribution in [0.1, 0.15) is 15.9 Å². The zero-order chi connectivity index (χ0) is 18.9. The second-order valence-electron chi connectivity index (χ2n) is 7.61. The number of H-pyrrole nitrogens is 1. The Labute approximate surface area is 164 Å². The number of aromatic nitrogens is 1. The van der Waals surface area contributed by atoms with Crippen LogP contribution < -0.4 is 4.90 Å². The second-order valence-corrected chi connectivity index (χ2v) is 7.61. The number of rotatable bonds is 3. The predicted octanol–water partition coefficient (Wildman–Crippen LogP) is 2.86. The van der Waals surface area contributed by atoms with E-state index < -0.39 is 0 Å². The quantitative estimate of drug-likeness (QED) is 0.572. The van der Waals surface area contributed by atoms with E-state index in [1.54, 1.807) is 4.90 Å². The predicted molar refractivity (Wildman–Crippen MR) is 113 cm³/mol. The number of piperazine rings is 1. The van der Waals surface area contributed by atoms with Crippen molar-refractivity contribution in [2.24, 2.45) is 0 Å². The molecule has 0 spiro atoms. The summed E-state index contributed by atoms with van der Waals surface area (Å²) >= 11 is 0. The number of carbonyl (C=O) groups is 1. The van der Waals surface area contributed by atoms with Gasteiger partial charge in [-0.2, -0.15) is 0 Å². The molecular formula is C24H24N3O+. The molecule has 1 amide bonds. The Morgan fingerprint density at radius 1 is 0.893 bits per heavy atom. The Morgan fingerprint density at radius 3 is 2.46 bits per heavy atom. The molecule has 1 aromatic heterocycles. The summed E-state index contributed by atoms with van der Waals surface area (Å²) in [5.41, 5.74) is 3.20. The smallest absolute Gasteiger partial charge is 0.256 e. The molecule has 3 aromatic carbocycles. The molecular weight excluding hydrogens is 346 g/mol. The van der Waals surface area contributed by atoms with E-state index in [1.807, 2.05) is 35.4 Å². The van der Waals surface area contributed by atoms with Gasteiger partial charge in [0, 0.05) is 22.7 Å². The number of amides is 1. The maximum Gasteiger partial charge on any atom is 0.256 e. The Kier molecular flexibility index (Phi) is 4.34. The van der Waals surface area contributed by atoms with E-state index in [0.717, 1.165) is 49.2 Å². The molecule has 0 atom stereocenters. The van der Waals surface area contributed by atoms with E-state index in [-0.39, 0.29) is 5.91 Å². The third-order valence-electron chi connectivity index (χ3n) is 5.90. The molecule has 1 saturated heterocycles. The lowest BCUT2D eigenvalue weighted by Gasteiger charge is -2.32. The fourth-order valence-electron chi connectivity index (χ4n) is 4.34. The Hall–Kier alpha value is -3.11. The highest BCUT2D eigenvalue weighted by molar-refractivity contribution is 6.06. The summed E-state index contributed by atoms with van der Waals surface area (Å²) in [7, 11) is 0. The highest BCUT2D eigenvalue weighted by Gasteiger charge is 2.26. The van der Waals surface area contributed by atoms with Crippen LogP contribution >= 0.6 is 0 Å². The lowest BCUT2D eigenvalue weighted by molar-refractivity contribution is -0.917. The van der Waals surface area contributed by atoms with Crippen molar-refractivity contribution in [1.82, 2.24) is 9.88 Å². The molecule has 1 aliphatic rings. The molecule has 0 saturated carbocycles. The van der Waals surface area contributed by atoms with Crippen molar-refractivity contribution in [3.8, 4) is 0 Å². The van der Waals surface area contributed by atoms with Crippen LogP contribution in [-0.2, 0) is 6.54 Å². The van der Waals surface area contributed by atoms with Crippen molar-refractivity contribution in [2.45, 2.75) is 6.54 Å². The Bertz CT molecular complexity index is 1130. The Morgan fingerprint density at radius 2 is 1.61 bits per heavy atom. The normalized spacial score (nSPS) is 15.4. The van der Waals surface area contributed by atoms with Crippen LogP contribution in [-0.4, -0.2) is 42.0 Å². The van der Waals surface area contributed by atoms with Crippen molar-refractivity contribution >= 4 is 27.6 Å². The average Bonchev–Trinajstić information content (AvgIpc) is 3.18. The van der Waals surface area contributed by atoms with Crippen LogP contribution in [0, 0.1) is 0 Å². The van der Waals surface area contributed by atoms with Gasteiger partial charge >= 0.3 is 0 Å². The minimum atomic E-state index is 0.140. The molecule has 1 fully saturated rings. The minimum absolute atomic E-state index is 0.140. The topological polar surface area (TPSA) is 40.5 Å². The van der Waals surface area contributed by atoms with Gasteiger partial charge in [-0.25, -0.2) is 0 Å². The van der Waals surface area contributed by atoms with Crippen molar-refractivity contribution in [1.29, 1.82) is 0 Å². The zero-order valence-corrected chi connectivity index (χ0v) is 15.8. The molecule has 140 valence electrons. The van der Waals surface area contributed by atoms with Gasteiger partial charge in [-0.15, -0.1) is 0 Å². The standard InChI is InChI=1S/C24H23N3O/c28-24(22-16-25-23-11-4-3-10-21(22)23)27-14-12-26(13-15-27)17-19-8-5-7-18-6-1-2-9-20(18)19/h1-11,16,25H,12-15,17H2/p+1. The van der Waals surface area contributed by atoms with Crippen LogP contribution in [0.25, 0.3) is 21.7 Å². The fraction of sp³-hybridized carbons (Fsp3) is 0.208. The summed E-state index contributed by atoms with van der Waals surface area (Å²) in [5, 5.41) is 3.65. The first kappa shape index (κ1) is 17.0. The number of carbonyl (C=O) groups excluding carboxylic acids is 1. The van der Waals surface area contributed by atoms with E-state index in [1.165, 1.54) is 16.3 Å². The number of hydrogen-bond acceptors (Lipinski definition) is 1. The summed E-state index contributed by atoms with van der Waals surface area (Å²) in [6, 6.07) is 23.1. The molecule has 0 radical (unpaired) electrons. The van der Waals surface area contributed by atoms with Crippen molar-refractivity contribution in [3.63, 3.8) is 0 Å². The lowest BCUT2D eigenvalue weighted by atomic mass is 10.0. The number of para-hydroxylation sites is 1. The molecule has 28 heavy (non-hydrogen) atoms. The van der Waals surface area contributed by atoms with Gasteiger partial charge in [0.25, 0.3) is 5.91 Å². The van der Waals surface area contributed by atoms with Crippen molar-refractivity contribution in [2.75, 3.05) is 26.2 Å². The molecule has 0 aliphatic carbocycles. The SMILES string of the molecule is O=C(c1c[nH]c2ccccc12)N1CC[NH+](Cc2cccc3ccccc23)CC1. The summed E-state index contributed by atoms with van der Waals surface area (Å²) in [6.45, 7) is 4.59. The molecule has 1 aliphatic heterocycles. The second kappa shape index (κ2) is 7.13. The first-order valence-electron chi connectivity index (χ1n) is 9.95. The monoisotopic (exact) mass is 370 g/mol. The van der Waals surface area contributed by atoms with E-state index in [9.17, 15) is 4.79 Å². The van der Waals surface area contributed by atoms with Gasteiger partial charge < -0.3 is 14.8 Å². The van der Waals surface area contributed by atoms with E-state index >= 15 is 0 Å². The summed E-state index contributed by atoms with van der Waals surface area (Å²) in [5.74, 6) is 0.140.